The van der Waals surface area contributed by atoms with Crippen molar-refractivity contribution < 1.29 is 16.8 Å². The smallest absolute Gasteiger partial charge is 0.228 e. The van der Waals surface area contributed by atoms with Gasteiger partial charge in [0.2, 0.25) is 10.0 Å². The molecule has 0 amide bonds. The standard InChI is InChI=1S/C7H14N2O4S2/c1-3-5-9(6-4-8)15(12,13)7-14(2,10)11/h3,5-7H2,1-2H3. The highest BCUT2D eigenvalue weighted by Gasteiger charge is 2.25. The maximum atomic E-state index is 11.5. The number of hydrogen-bond acceptors (Lipinski definition) is 5. The van der Waals surface area contributed by atoms with Crippen LogP contribution in [0.25, 0.3) is 0 Å². The van der Waals surface area contributed by atoms with Gasteiger partial charge in [0.1, 0.15) is 6.54 Å². The lowest BCUT2D eigenvalue weighted by Crippen LogP contribution is -2.36. The number of sulfone groups is 1. The third-order valence-corrected chi connectivity index (χ3v) is 5.48. The second-order valence-corrected chi connectivity index (χ2v) is 7.62. The van der Waals surface area contributed by atoms with Gasteiger partial charge in [-0.15, -0.1) is 0 Å². The SMILES string of the molecule is CCCN(CC#N)S(=O)(=O)CS(C)(=O)=O. The minimum Gasteiger partial charge on any atom is -0.228 e. The lowest BCUT2D eigenvalue weighted by atomic mass is 10.5. The van der Waals surface area contributed by atoms with Gasteiger partial charge in [-0.25, -0.2) is 16.8 Å². The van der Waals surface area contributed by atoms with Crippen molar-refractivity contribution in [3.05, 3.63) is 0 Å². The van der Waals surface area contributed by atoms with Crippen LogP contribution in [-0.4, -0.2) is 45.6 Å². The quantitative estimate of drug-likeness (QED) is 0.598. The third-order valence-electron chi connectivity index (χ3n) is 1.48. The lowest BCUT2D eigenvalue weighted by Gasteiger charge is -2.17. The summed E-state index contributed by atoms with van der Waals surface area (Å²) in [5.41, 5.74) is 0. The van der Waals surface area contributed by atoms with Crippen molar-refractivity contribution >= 4 is 19.9 Å². The first kappa shape index (κ1) is 14.3. The molecule has 0 fully saturated rings. The Kier molecular flexibility index (Phi) is 5.20. The predicted molar refractivity (Wildman–Crippen MR) is 56.1 cm³/mol. The van der Waals surface area contributed by atoms with E-state index in [2.05, 4.69) is 0 Å². The number of sulfonamides is 1. The maximum absolute atomic E-state index is 11.5. The molecule has 0 saturated heterocycles. The van der Waals surface area contributed by atoms with Crippen molar-refractivity contribution in [2.45, 2.75) is 13.3 Å². The average Bonchev–Trinajstić information content (AvgIpc) is 1.99. The van der Waals surface area contributed by atoms with E-state index in [9.17, 15) is 16.8 Å². The first-order valence-electron chi connectivity index (χ1n) is 4.25. The Labute approximate surface area is 90.5 Å². The molecule has 0 saturated carbocycles. The molecule has 0 radical (unpaired) electrons. The van der Waals surface area contributed by atoms with Gasteiger partial charge in [-0.1, -0.05) is 6.92 Å². The molecular weight excluding hydrogens is 240 g/mol. The summed E-state index contributed by atoms with van der Waals surface area (Å²) in [6.45, 7) is 1.59. The van der Waals surface area contributed by atoms with Gasteiger partial charge in [0, 0.05) is 12.8 Å². The summed E-state index contributed by atoms with van der Waals surface area (Å²) in [7, 11) is -7.48. The molecule has 88 valence electrons. The van der Waals surface area contributed by atoms with Crippen molar-refractivity contribution in [2.75, 3.05) is 24.4 Å². The van der Waals surface area contributed by atoms with Crippen LogP contribution >= 0.6 is 0 Å². The lowest BCUT2D eigenvalue weighted by molar-refractivity contribution is 0.447. The minimum atomic E-state index is -3.88. The first-order chi connectivity index (χ1) is 6.73. The Balaban J connectivity index is 4.90. The summed E-state index contributed by atoms with van der Waals surface area (Å²) in [4.78, 5) is 0. The van der Waals surface area contributed by atoms with Crippen LogP contribution in [0.15, 0.2) is 0 Å². The zero-order valence-electron chi connectivity index (χ0n) is 8.67. The number of rotatable bonds is 6. The van der Waals surface area contributed by atoms with E-state index >= 15 is 0 Å². The van der Waals surface area contributed by atoms with Crippen molar-refractivity contribution in [2.24, 2.45) is 0 Å². The van der Waals surface area contributed by atoms with Crippen molar-refractivity contribution in [1.82, 2.24) is 4.31 Å². The fraction of sp³-hybridized carbons (Fsp3) is 0.857. The summed E-state index contributed by atoms with van der Waals surface area (Å²) in [6.07, 6.45) is 1.38. The topological polar surface area (TPSA) is 95.3 Å². The molecule has 0 unspecified atom stereocenters. The van der Waals surface area contributed by atoms with Gasteiger partial charge < -0.3 is 0 Å². The minimum absolute atomic E-state index is 0.158. The van der Waals surface area contributed by atoms with Crippen LogP contribution in [0.2, 0.25) is 0 Å². The molecule has 0 N–H and O–H groups in total. The van der Waals surface area contributed by atoms with Gasteiger partial charge in [-0.2, -0.15) is 9.57 Å². The molecule has 0 aliphatic carbocycles. The Morgan fingerprint density at radius 3 is 2.13 bits per heavy atom. The molecule has 0 rings (SSSR count). The molecule has 15 heavy (non-hydrogen) atoms. The van der Waals surface area contributed by atoms with Crippen LogP contribution < -0.4 is 0 Å². The van der Waals surface area contributed by atoms with Gasteiger partial charge in [-0.05, 0) is 6.42 Å². The highest BCUT2D eigenvalue weighted by atomic mass is 32.3. The second-order valence-electron chi connectivity index (χ2n) is 3.15. The summed E-state index contributed by atoms with van der Waals surface area (Å²) in [5, 5.41) is 7.48. The zero-order chi connectivity index (χ0) is 12.1. The molecule has 0 spiro atoms. The Hall–Kier alpha value is -0.650. The van der Waals surface area contributed by atoms with Crippen LogP contribution in [-0.2, 0) is 19.9 Å². The van der Waals surface area contributed by atoms with Crippen LogP contribution in [0.3, 0.4) is 0 Å². The number of nitriles is 1. The molecule has 0 aliphatic heterocycles. The van der Waals surface area contributed by atoms with Crippen LogP contribution in [0.5, 0.6) is 0 Å². The molecule has 0 aromatic heterocycles. The van der Waals surface area contributed by atoms with Crippen molar-refractivity contribution in [1.29, 1.82) is 5.26 Å². The molecule has 0 aliphatic rings. The van der Waals surface area contributed by atoms with Crippen LogP contribution in [0.1, 0.15) is 13.3 Å². The van der Waals surface area contributed by atoms with Gasteiger partial charge >= 0.3 is 0 Å². The normalized spacial score (nSPS) is 12.7. The fourth-order valence-corrected chi connectivity index (χ4v) is 4.47. The average molecular weight is 254 g/mol. The van der Waals surface area contributed by atoms with E-state index in [0.29, 0.717) is 6.42 Å². The van der Waals surface area contributed by atoms with Crippen molar-refractivity contribution in [3.63, 3.8) is 0 Å². The Bertz CT molecular complexity index is 432. The Morgan fingerprint density at radius 2 is 1.80 bits per heavy atom. The second kappa shape index (κ2) is 5.44. The molecule has 0 heterocycles. The van der Waals surface area contributed by atoms with E-state index in [1.165, 1.54) is 0 Å². The molecular formula is C7H14N2O4S2. The van der Waals surface area contributed by atoms with Gasteiger partial charge in [-0.3, -0.25) is 0 Å². The van der Waals surface area contributed by atoms with E-state index in [1.54, 1.807) is 13.0 Å². The number of hydrogen-bond donors (Lipinski definition) is 0. The van der Waals surface area contributed by atoms with Gasteiger partial charge in [0.25, 0.3) is 0 Å². The largest absolute Gasteiger partial charge is 0.229 e. The third kappa shape index (κ3) is 5.71. The van der Waals surface area contributed by atoms with Crippen LogP contribution in [0, 0.1) is 11.3 Å². The monoisotopic (exact) mass is 254 g/mol. The van der Waals surface area contributed by atoms with Crippen LogP contribution in [0.4, 0.5) is 0 Å². The van der Waals surface area contributed by atoms with E-state index in [1.807, 2.05) is 0 Å². The summed E-state index contributed by atoms with van der Waals surface area (Å²) >= 11 is 0. The zero-order valence-corrected chi connectivity index (χ0v) is 10.3. The molecule has 0 atom stereocenters. The van der Waals surface area contributed by atoms with Gasteiger partial charge in [0.15, 0.2) is 14.9 Å². The molecule has 0 aromatic carbocycles. The molecule has 0 aromatic rings. The summed E-state index contributed by atoms with van der Waals surface area (Å²) in [6, 6.07) is 1.70. The predicted octanol–water partition coefficient (Wildman–Crippen LogP) is -0.446. The highest BCUT2D eigenvalue weighted by Crippen LogP contribution is 2.05. The fourth-order valence-electron chi connectivity index (χ4n) is 0.990. The maximum Gasteiger partial charge on any atom is 0.229 e. The first-order valence-corrected chi connectivity index (χ1v) is 7.92. The van der Waals surface area contributed by atoms with E-state index < -0.39 is 24.9 Å². The molecule has 0 bridgehead atoms. The van der Waals surface area contributed by atoms with E-state index in [4.69, 9.17) is 5.26 Å². The number of nitrogens with zero attached hydrogens (tertiary/aromatic N) is 2. The molecule has 6 nitrogen and oxygen atoms in total. The summed E-state index contributed by atoms with van der Waals surface area (Å²) < 4.78 is 45.7. The Morgan fingerprint density at radius 1 is 1.27 bits per heavy atom. The summed E-state index contributed by atoms with van der Waals surface area (Å²) in [5.74, 6) is 0. The van der Waals surface area contributed by atoms with E-state index in [0.717, 1.165) is 10.6 Å². The van der Waals surface area contributed by atoms with Gasteiger partial charge in [0.05, 0.1) is 6.07 Å². The highest BCUT2D eigenvalue weighted by molar-refractivity contribution is 8.06. The van der Waals surface area contributed by atoms with E-state index in [-0.39, 0.29) is 13.1 Å². The van der Waals surface area contributed by atoms with Crippen molar-refractivity contribution in [3.8, 4) is 6.07 Å². The molecule has 8 heteroatoms.